The van der Waals surface area contributed by atoms with Gasteiger partial charge in [0.25, 0.3) is 0 Å². The molecule has 2 aromatic rings. The molecule has 1 atom stereocenters. The van der Waals surface area contributed by atoms with E-state index in [1.54, 1.807) is 0 Å². The molecule has 0 aliphatic heterocycles. The third-order valence-corrected chi connectivity index (χ3v) is 4.43. The minimum atomic E-state index is 0.602. The highest BCUT2D eigenvalue weighted by Gasteiger charge is 2.22. The van der Waals surface area contributed by atoms with E-state index in [1.807, 2.05) is 11.3 Å². The third-order valence-electron chi connectivity index (χ3n) is 3.53. The Morgan fingerprint density at radius 1 is 1.11 bits per heavy atom. The van der Waals surface area contributed by atoms with Crippen LogP contribution in [0.2, 0.25) is 0 Å². The van der Waals surface area contributed by atoms with Crippen molar-refractivity contribution < 1.29 is 0 Å². The van der Waals surface area contributed by atoms with Gasteiger partial charge in [-0.2, -0.15) is 0 Å². The van der Waals surface area contributed by atoms with Crippen molar-refractivity contribution >= 4 is 11.3 Å². The minimum absolute atomic E-state index is 0.602. The van der Waals surface area contributed by atoms with Crippen LogP contribution >= 0.6 is 11.3 Å². The number of rotatable bonds is 6. The molecule has 0 spiro atoms. The molecule has 0 bridgehead atoms. The number of thiophene rings is 1. The maximum absolute atomic E-state index is 3.67. The normalized spacial score (nSPS) is 16.7. The first-order valence-electron chi connectivity index (χ1n) is 6.72. The Bertz CT molecular complexity index is 459. The highest BCUT2D eigenvalue weighted by molar-refractivity contribution is 7.09. The first kappa shape index (κ1) is 11.9. The minimum Gasteiger partial charge on any atom is -0.313 e. The fourth-order valence-corrected chi connectivity index (χ4v) is 3.09. The van der Waals surface area contributed by atoms with Crippen LogP contribution in [-0.2, 0) is 6.42 Å². The molecule has 18 heavy (non-hydrogen) atoms. The van der Waals surface area contributed by atoms with Crippen molar-refractivity contribution in [2.24, 2.45) is 0 Å². The first-order chi connectivity index (χ1) is 8.92. The van der Waals surface area contributed by atoms with Gasteiger partial charge in [-0.3, -0.25) is 0 Å². The van der Waals surface area contributed by atoms with E-state index in [0.29, 0.717) is 5.92 Å². The van der Waals surface area contributed by atoms with E-state index < -0.39 is 0 Å². The van der Waals surface area contributed by atoms with Gasteiger partial charge in [0.05, 0.1) is 0 Å². The molecule has 1 aliphatic carbocycles. The lowest BCUT2D eigenvalue weighted by molar-refractivity contribution is 0.580. The van der Waals surface area contributed by atoms with Gasteiger partial charge in [-0.15, -0.1) is 11.3 Å². The second-order valence-corrected chi connectivity index (χ2v) is 6.11. The zero-order valence-corrected chi connectivity index (χ0v) is 11.3. The molecule has 1 nitrogen and oxygen atoms in total. The molecule has 1 heterocycles. The highest BCUT2D eigenvalue weighted by atomic mass is 32.1. The molecule has 0 saturated heterocycles. The van der Waals surface area contributed by atoms with Crippen LogP contribution in [-0.4, -0.2) is 12.6 Å². The molecule has 0 radical (unpaired) electrons. The van der Waals surface area contributed by atoms with Gasteiger partial charge in [0, 0.05) is 23.4 Å². The van der Waals surface area contributed by atoms with Gasteiger partial charge in [0.15, 0.2) is 0 Å². The van der Waals surface area contributed by atoms with Crippen LogP contribution in [0.15, 0.2) is 47.8 Å². The summed E-state index contributed by atoms with van der Waals surface area (Å²) in [4.78, 5) is 1.49. The standard InChI is InChI=1S/C16H19NS/c1-2-5-13(6-3-1)14(12-17-15-8-9-15)11-16-7-4-10-18-16/h1-7,10,14-15,17H,8-9,11-12H2. The summed E-state index contributed by atoms with van der Waals surface area (Å²) in [6.07, 6.45) is 3.88. The molecular formula is C16H19NS. The lowest BCUT2D eigenvalue weighted by atomic mass is 9.95. The van der Waals surface area contributed by atoms with E-state index in [4.69, 9.17) is 0 Å². The molecule has 0 amide bonds. The van der Waals surface area contributed by atoms with E-state index in [1.165, 1.54) is 23.3 Å². The highest BCUT2D eigenvalue weighted by Crippen LogP contribution is 2.25. The van der Waals surface area contributed by atoms with Gasteiger partial charge in [0.2, 0.25) is 0 Å². The van der Waals surface area contributed by atoms with Crippen LogP contribution in [0.5, 0.6) is 0 Å². The molecule has 1 fully saturated rings. The second-order valence-electron chi connectivity index (χ2n) is 5.07. The van der Waals surface area contributed by atoms with Gasteiger partial charge in [0.1, 0.15) is 0 Å². The van der Waals surface area contributed by atoms with Crippen molar-refractivity contribution in [3.8, 4) is 0 Å². The Labute approximate surface area is 113 Å². The predicted octanol–water partition coefficient (Wildman–Crippen LogP) is 3.83. The molecule has 1 N–H and O–H groups in total. The molecule has 1 aromatic carbocycles. The Morgan fingerprint density at radius 2 is 1.94 bits per heavy atom. The first-order valence-corrected chi connectivity index (χ1v) is 7.60. The molecular weight excluding hydrogens is 238 g/mol. The van der Waals surface area contributed by atoms with E-state index in [0.717, 1.165) is 19.0 Å². The lowest BCUT2D eigenvalue weighted by Gasteiger charge is -2.17. The average molecular weight is 257 g/mol. The van der Waals surface area contributed by atoms with Gasteiger partial charge >= 0.3 is 0 Å². The molecule has 1 aromatic heterocycles. The topological polar surface area (TPSA) is 12.0 Å². The quantitative estimate of drug-likeness (QED) is 0.829. The summed E-state index contributed by atoms with van der Waals surface area (Å²) in [7, 11) is 0. The van der Waals surface area contributed by atoms with Crippen molar-refractivity contribution in [1.82, 2.24) is 5.32 Å². The van der Waals surface area contributed by atoms with Crippen LogP contribution in [0.1, 0.15) is 29.2 Å². The van der Waals surface area contributed by atoms with Crippen molar-refractivity contribution in [3.63, 3.8) is 0 Å². The summed E-state index contributed by atoms with van der Waals surface area (Å²) in [5, 5.41) is 5.84. The molecule has 3 rings (SSSR count). The summed E-state index contributed by atoms with van der Waals surface area (Å²) in [5.41, 5.74) is 1.46. The maximum Gasteiger partial charge on any atom is 0.00684 e. The number of benzene rings is 1. The fourth-order valence-electron chi connectivity index (χ4n) is 2.30. The van der Waals surface area contributed by atoms with Crippen molar-refractivity contribution in [2.75, 3.05) is 6.54 Å². The maximum atomic E-state index is 3.67. The number of hydrogen-bond acceptors (Lipinski definition) is 2. The Morgan fingerprint density at radius 3 is 2.61 bits per heavy atom. The summed E-state index contributed by atoms with van der Waals surface area (Å²) >= 11 is 1.87. The predicted molar refractivity (Wildman–Crippen MR) is 78.2 cm³/mol. The summed E-state index contributed by atoms with van der Waals surface area (Å²) in [5.74, 6) is 0.602. The molecule has 1 aliphatic rings. The number of hydrogen-bond donors (Lipinski definition) is 1. The third kappa shape index (κ3) is 3.21. The fraction of sp³-hybridized carbons (Fsp3) is 0.375. The molecule has 1 unspecified atom stereocenters. The van der Waals surface area contributed by atoms with Gasteiger partial charge in [-0.1, -0.05) is 36.4 Å². The van der Waals surface area contributed by atoms with E-state index in [2.05, 4.69) is 53.2 Å². The van der Waals surface area contributed by atoms with Gasteiger partial charge < -0.3 is 5.32 Å². The molecule has 94 valence electrons. The van der Waals surface area contributed by atoms with Crippen LogP contribution in [0.4, 0.5) is 0 Å². The van der Waals surface area contributed by atoms with Crippen LogP contribution in [0.3, 0.4) is 0 Å². The zero-order chi connectivity index (χ0) is 12.2. The van der Waals surface area contributed by atoms with E-state index in [9.17, 15) is 0 Å². The second kappa shape index (κ2) is 5.68. The lowest BCUT2D eigenvalue weighted by Crippen LogP contribution is -2.24. The van der Waals surface area contributed by atoms with Crippen molar-refractivity contribution in [3.05, 3.63) is 58.3 Å². The largest absolute Gasteiger partial charge is 0.313 e. The average Bonchev–Trinajstić information content (AvgIpc) is 3.11. The summed E-state index contributed by atoms with van der Waals surface area (Å²) < 4.78 is 0. The Balaban J connectivity index is 1.70. The smallest absolute Gasteiger partial charge is 0.00684 e. The molecule has 1 saturated carbocycles. The van der Waals surface area contributed by atoms with Crippen LogP contribution < -0.4 is 5.32 Å². The summed E-state index contributed by atoms with van der Waals surface area (Å²) in [6, 6.07) is 16.1. The Kier molecular flexibility index (Phi) is 3.77. The van der Waals surface area contributed by atoms with Crippen LogP contribution in [0, 0.1) is 0 Å². The molecule has 2 heteroatoms. The van der Waals surface area contributed by atoms with Crippen molar-refractivity contribution in [1.29, 1.82) is 0 Å². The SMILES string of the molecule is c1ccc(C(CNC2CC2)Cc2cccs2)cc1. The van der Waals surface area contributed by atoms with E-state index >= 15 is 0 Å². The zero-order valence-electron chi connectivity index (χ0n) is 10.5. The van der Waals surface area contributed by atoms with Gasteiger partial charge in [-0.05, 0) is 36.3 Å². The van der Waals surface area contributed by atoms with E-state index in [-0.39, 0.29) is 0 Å². The number of nitrogens with one attached hydrogen (secondary N) is 1. The summed E-state index contributed by atoms with van der Waals surface area (Å²) in [6.45, 7) is 1.10. The Hall–Kier alpha value is -1.12. The van der Waals surface area contributed by atoms with Crippen molar-refractivity contribution in [2.45, 2.75) is 31.2 Å². The van der Waals surface area contributed by atoms with Gasteiger partial charge in [-0.25, -0.2) is 0 Å². The van der Waals surface area contributed by atoms with Crippen LogP contribution in [0.25, 0.3) is 0 Å². The monoisotopic (exact) mass is 257 g/mol.